The molecular weight excluding hydrogens is 372 g/mol. The van der Waals surface area contributed by atoms with E-state index in [4.69, 9.17) is 15.5 Å². The van der Waals surface area contributed by atoms with Crippen LogP contribution in [-0.2, 0) is 11.2 Å². The maximum absolute atomic E-state index is 5.53. The Hall–Kier alpha value is -2.53. The van der Waals surface area contributed by atoms with Gasteiger partial charge < -0.3 is 20.4 Å². The number of H-pyrrole nitrogens is 2. The van der Waals surface area contributed by atoms with E-state index in [9.17, 15) is 0 Å². The van der Waals surface area contributed by atoms with Crippen molar-refractivity contribution in [2.24, 2.45) is 10.7 Å². The number of aromatic amines is 2. The zero-order valence-corrected chi connectivity index (χ0v) is 18.3. The number of nitrogens with zero attached hydrogens (tertiary/aromatic N) is 1. The van der Waals surface area contributed by atoms with E-state index in [0.717, 1.165) is 41.5 Å². The molecule has 162 valence electrons. The summed E-state index contributed by atoms with van der Waals surface area (Å²) in [5.74, 6) is 0.791. The van der Waals surface area contributed by atoms with Crippen LogP contribution in [0.5, 0.6) is 0 Å². The van der Waals surface area contributed by atoms with Crippen LogP contribution >= 0.6 is 0 Å². The molecule has 0 unspecified atom stereocenters. The van der Waals surface area contributed by atoms with Crippen molar-refractivity contribution in [2.75, 3.05) is 13.7 Å². The Labute approximate surface area is 180 Å². The second kappa shape index (κ2) is 12.2. The Kier molecular flexibility index (Phi) is 9.04. The lowest BCUT2D eigenvalue weighted by molar-refractivity contribution is 0.303. The molecule has 2 aromatic heterocycles. The minimum absolute atomic E-state index is 0.791. The van der Waals surface area contributed by atoms with Gasteiger partial charge in [-0.15, -0.1) is 0 Å². The highest BCUT2D eigenvalue weighted by molar-refractivity contribution is 6.11. The smallest absolute Gasteiger partial charge is 0.146 e. The molecule has 0 spiro atoms. The molecule has 0 radical (unpaired) electrons. The van der Waals surface area contributed by atoms with Crippen LogP contribution in [-0.4, -0.2) is 29.3 Å². The van der Waals surface area contributed by atoms with E-state index in [2.05, 4.69) is 28.2 Å². The van der Waals surface area contributed by atoms with E-state index in [1.54, 1.807) is 7.11 Å². The molecule has 0 atom stereocenters. The SMILES string of the molecule is COC1=CC(c2ccc[nH]2)=N/C1=C\c1ccc(CCCCCCCCCCCN)[nH]1. The predicted molar refractivity (Wildman–Crippen MR) is 126 cm³/mol. The van der Waals surface area contributed by atoms with Crippen molar-refractivity contribution < 1.29 is 4.74 Å². The molecule has 0 fully saturated rings. The third-order valence-electron chi connectivity index (χ3n) is 5.57. The second-order valence-corrected chi connectivity index (χ2v) is 7.98. The molecule has 3 rings (SSSR count). The molecule has 3 heterocycles. The van der Waals surface area contributed by atoms with E-state index in [1.165, 1.54) is 63.5 Å². The lowest BCUT2D eigenvalue weighted by Crippen LogP contribution is -1.97. The molecule has 0 saturated heterocycles. The van der Waals surface area contributed by atoms with Crippen LogP contribution < -0.4 is 5.73 Å². The molecule has 1 aliphatic rings. The molecule has 5 nitrogen and oxygen atoms in total. The summed E-state index contributed by atoms with van der Waals surface area (Å²) < 4.78 is 5.51. The van der Waals surface area contributed by atoms with Gasteiger partial charge in [0.15, 0.2) is 0 Å². The summed E-state index contributed by atoms with van der Waals surface area (Å²) in [6.45, 7) is 0.837. The first-order chi connectivity index (χ1) is 14.8. The van der Waals surface area contributed by atoms with Crippen molar-refractivity contribution in [2.45, 2.75) is 64.2 Å². The van der Waals surface area contributed by atoms with E-state index in [1.807, 2.05) is 24.4 Å². The summed E-state index contributed by atoms with van der Waals surface area (Å²) in [6.07, 6.45) is 18.8. The molecular formula is C25H36N4O. The molecule has 30 heavy (non-hydrogen) atoms. The Morgan fingerprint density at radius 3 is 2.37 bits per heavy atom. The van der Waals surface area contributed by atoms with Crippen molar-refractivity contribution in [1.82, 2.24) is 9.97 Å². The Morgan fingerprint density at radius 2 is 1.70 bits per heavy atom. The zero-order chi connectivity index (χ0) is 21.0. The number of rotatable bonds is 14. The van der Waals surface area contributed by atoms with E-state index in [0.29, 0.717) is 0 Å². The lowest BCUT2D eigenvalue weighted by Gasteiger charge is -2.02. The standard InChI is InChI=1S/C25H36N4O/c1-30-25-19-23(22-13-11-17-27-22)29-24(25)18-21-15-14-20(28-21)12-9-7-5-3-2-4-6-8-10-16-26/h11,13-15,17-19,27-28H,2-10,12,16,26H2,1H3/b24-18-. The minimum Gasteiger partial charge on any atom is -0.494 e. The third-order valence-corrected chi connectivity index (χ3v) is 5.57. The van der Waals surface area contributed by atoms with Gasteiger partial charge in [-0.1, -0.05) is 44.9 Å². The molecule has 4 N–H and O–H groups in total. The maximum Gasteiger partial charge on any atom is 0.146 e. The monoisotopic (exact) mass is 408 g/mol. The van der Waals surface area contributed by atoms with Crippen LogP contribution in [0.15, 0.2) is 53.0 Å². The topological polar surface area (TPSA) is 79.2 Å². The van der Waals surface area contributed by atoms with E-state index >= 15 is 0 Å². The van der Waals surface area contributed by atoms with Gasteiger partial charge in [0.1, 0.15) is 11.5 Å². The van der Waals surface area contributed by atoms with Gasteiger partial charge in [0.05, 0.1) is 18.5 Å². The van der Waals surface area contributed by atoms with Gasteiger partial charge in [0.25, 0.3) is 0 Å². The Bertz CT molecular complexity index is 842. The fraction of sp³-hybridized carbons (Fsp3) is 0.480. The van der Waals surface area contributed by atoms with Gasteiger partial charge in [-0.2, -0.15) is 0 Å². The number of aliphatic imine (C=N–C) groups is 1. The van der Waals surface area contributed by atoms with Crippen molar-refractivity contribution in [3.05, 3.63) is 65.1 Å². The summed E-state index contributed by atoms with van der Waals surface area (Å²) >= 11 is 0. The Morgan fingerprint density at radius 1 is 0.967 bits per heavy atom. The normalized spacial score (nSPS) is 14.9. The highest BCUT2D eigenvalue weighted by Gasteiger charge is 2.17. The number of allylic oxidation sites excluding steroid dienone is 1. The number of nitrogens with one attached hydrogen (secondary N) is 2. The number of nitrogens with two attached hydrogens (primary N) is 1. The van der Waals surface area contributed by atoms with Crippen LogP contribution in [0.3, 0.4) is 0 Å². The van der Waals surface area contributed by atoms with Crippen LogP contribution in [0.1, 0.15) is 74.9 Å². The molecule has 0 amide bonds. The van der Waals surface area contributed by atoms with Crippen molar-refractivity contribution in [3.8, 4) is 0 Å². The van der Waals surface area contributed by atoms with Gasteiger partial charge in [-0.25, -0.2) is 4.99 Å². The molecule has 2 aromatic rings. The lowest BCUT2D eigenvalue weighted by atomic mass is 10.1. The summed E-state index contributed by atoms with van der Waals surface area (Å²) in [6, 6.07) is 8.30. The van der Waals surface area contributed by atoms with Crippen LogP contribution in [0.2, 0.25) is 0 Å². The Balaban J connectivity index is 1.40. The van der Waals surface area contributed by atoms with Crippen LogP contribution in [0.4, 0.5) is 0 Å². The highest BCUT2D eigenvalue weighted by Crippen LogP contribution is 2.24. The summed E-state index contributed by atoms with van der Waals surface area (Å²) in [5.41, 5.74) is 10.6. The van der Waals surface area contributed by atoms with E-state index in [-0.39, 0.29) is 0 Å². The number of unbranched alkanes of at least 4 members (excludes halogenated alkanes) is 8. The largest absolute Gasteiger partial charge is 0.494 e. The second-order valence-electron chi connectivity index (χ2n) is 7.98. The number of aromatic nitrogens is 2. The zero-order valence-electron chi connectivity index (χ0n) is 18.3. The predicted octanol–water partition coefficient (Wildman–Crippen LogP) is 5.73. The van der Waals surface area contributed by atoms with Gasteiger partial charge >= 0.3 is 0 Å². The number of hydrogen-bond donors (Lipinski definition) is 3. The van der Waals surface area contributed by atoms with Crippen molar-refractivity contribution in [3.63, 3.8) is 0 Å². The van der Waals surface area contributed by atoms with Gasteiger partial charge in [-0.05, 0) is 56.1 Å². The first kappa shape index (κ1) is 22.2. The molecule has 0 saturated carbocycles. The number of hydrogen-bond acceptors (Lipinski definition) is 3. The average molecular weight is 409 g/mol. The van der Waals surface area contributed by atoms with Crippen LogP contribution in [0, 0.1) is 0 Å². The van der Waals surface area contributed by atoms with Crippen molar-refractivity contribution in [1.29, 1.82) is 0 Å². The molecule has 0 bridgehead atoms. The van der Waals surface area contributed by atoms with Gasteiger partial charge in [0.2, 0.25) is 0 Å². The molecule has 5 heteroatoms. The van der Waals surface area contributed by atoms with Crippen molar-refractivity contribution >= 4 is 11.8 Å². The first-order valence-electron chi connectivity index (χ1n) is 11.4. The third kappa shape index (κ3) is 6.77. The average Bonchev–Trinajstić information content (AvgIpc) is 3.50. The maximum atomic E-state index is 5.53. The van der Waals surface area contributed by atoms with Gasteiger partial charge in [-0.3, -0.25) is 0 Å². The minimum atomic E-state index is 0.791. The fourth-order valence-corrected chi connectivity index (χ4v) is 3.84. The molecule has 1 aliphatic heterocycles. The van der Waals surface area contributed by atoms with E-state index < -0.39 is 0 Å². The summed E-state index contributed by atoms with van der Waals surface area (Å²) in [4.78, 5) is 11.4. The quantitative estimate of drug-likeness (QED) is 0.349. The summed E-state index contributed by atoms with van der Waals surface area (Å²) in [7, 11) is 1.69. The van der Waals surface area contributed by atoms with Gasteiger partial charge in [0, 0.05) is 23.7 Å². The first-order valence-corrected chi connectivity index (χ1v) is 11.4. The van der Waals surface area contributed by atoms with Crippen LogP contribution in [0.25, 0.3) is 6.08 Å². The number of methoxy groups -OCH3 is 1. The molecule has 0 aromatic carbocycles. The number of aryl methyl sites for hydroxylation is 1. The number of ether oxygens (including phenoxy) is 1. The summed E-state index contributed by atoms with van der Waals surface area (Å²) in [5, 5.41) is 0. The highest BCUT2D eigenvalue weighted by atomic mass is 16.5. The fourth-order valence-electron chi connectivity index (χ4n) is 3.84. The molecule has 0 aliphatic carbocycles.